The van der Waals surface area contributed by atoms with Gasteiger partial charge in [-0.3, -0.25) is 9.59 Å². The van der Waals surface area contributed by atoms with E-state index in [1.807, 2.05) is 24.3 Å². The molecule has 0 radical (unpaired) electrons. The highest BCUT2D eigenvalue weighted by atomic mass is 16.5. The molecule has 0 spiro atoms. The Morgan fingerprint density at radius 3 is 2.56 bits per heavy atom. The van der Waals surface area contributed by atoms with Gasteiger partial charge in [-0.05, 0) is 24.3 Å². The highest BCUT2D eigenvalue weighted by molar-refractivity contribution is 6.02. The van der Waals surface area contributed by atoms with E-state index in [0.717, 1.165) is 37.7 Å². The number of rotatable bonds is 5. The molecule has 7 heteroatoms. The van der Waals surface area contributed by atoms with Crippen molar-refractivity contribution in [3.63, 3.8) is 0 Å². The standard InChI is InChI=1S/C18H20N4O3/c1-19-8-6-16(23)18-17(24)7-9-22(20-18)15-4-2-14(3-5-15)21-10-12-25-13-11-21/h2-5,7-9H,6,10-13H2,1H3. The van der Waals surface area contributed by atoms with Gasteiger partial charge in [-0.2, -0.15) is 5.10 Å². The third-order valence-corrected chi connectivity index (χ3v) is 4.02. The van der Waals surface area contributed by atoms with E-state index in [1.54, 1.807) is 17.9 Å². The first-order chi connectivity index (χ1) is 12.2. The minimum atomic E-state index is -0.379. The molecule has 2 aromatic rings. The smallest absolute Gasteiger partial charge is 0.211 e. The predicted molar refractivity (Wildman–Crippen MR) is 96.2 cm³/mol. The molecule has 0 aliphatic carbocycles. The number of carbonyl (C=O) groups excluding carboxylic acids is 1. The second-order valence-corrected chi connectivity index (χ2v) is 5.66. The fourth-order valence-electron chi connectivity index (χ4n) is 2.65. The number of anilines is 1. The van der Waals surface area contributed by atoms with Crippen LogP contribution in [0, 0.1) is 0 Å². The summed E-state index contributed by atoms with van der Waals surface area (Å²) in [6, 6.07) is 9.21. The molecule has 1 aromatic heterocycles. The largest absolute Gasteiger partial charge is 0.378 e. The number of aromatic nitrogens is 2. The molecule has 1 aliphatic rings. The van der Waals surface area contributed by atoms with E-state index in [1.165, 1.54) is 12.3 Å². The molecule has 0 bridgehead atoms. The van der Waals surface area contributed by atoms with Crippen LogP contribution in [-0.2, 0) is 4.74 Å². The van der Waals surface area contributed by atoms with Gasteiger partial charge in [-0.15, -0.1) is 0 Å². The second-order valence-electron chi connectivity index (χ2n) is 5.66. The molecule has 25 heavy (non-hydrogen) atoms. The Bertz CT molecular complexity index is 821. The first-order valence-electron chi connectivity index (χ1n) is 8.16. The van der Waals surface area contributed by atoms with E-state index in [-0.39, 0.29) is 23.3 Å². The van der Waals surface area contributed by atoms with Crippen LogP contribution in [0.2, 0.25) is 0 Å². The lowest BCUT2D eigenvalue weighted by molar-refractivity contribution is 0.0994. The summed E-state index contributed by atoms with van der Waals surface area (Å²) in [6.45, 7) is 3.20. The lowest BCUT2D eigenvalue weighted by Gasteiger charge is -2.28. The van der Waals surface area contributed by atoms with Crippen molar-refractivity contribution in [3.05, 3.63) is 52.4 Å². The summed E-state index contributed by atoms with van der Waals surface area (Å²) < 4.78 is 6.90. The average Bonchev–Trinajstić information content (AvgIpc) is 2.67. The predicted octanol–water partition coefficient (Wildman–Crippen LogP) is 1.34. The van der Waals surface area contributed by atoms with Crippen molar-refractivity contribution in [3.8, 4) is 5.69 Å². The van der Waals surface area contributed by atoms with Crippen LogP contribution in [0.3, 0.4) is 0 Å². The first-order valence-corrected chi connectivity index (χ1v) is 8.16. The average molecular weight is 340 g/mol. The van der Waals surface area contributed by atoms with Crippen molar-refractivity contribution in [2.75, 3.05) is 38.3 Å². The molecular formula is C18H20N4O3. The Hall–Kier alpha value is -2.80. The molecular weight excluding hydrogens is 320 g/mol. The van der Waals surface area contributed by atoms with Gasteiger partial charge >= 0.3 is 0 Å². The molecule has 7 nitrogen and oxygen atoms in total. The monoisotopic (exact) mass is 340 g/mol. The van der Waals surface area contributed by atoms with E-state index < -0.39 is 0 Å². The molecule has 0 amide bonds. The minimum absolute atomic E-state index is 0.0682. The zero-order chi connectivity index (χ0) is 17.6. The van der Waals surface area contributed by atoms with Gasteiger partial charge in [0.05, 0.1) is 18.9 Å². The number of ketones is 1. The molecule has 0 saturated carbocycles. The van der Waals surface area contributed by atoms with Crippen LogP contribution in [-0.4, -0.2) is 55.1 Å². The van der Waals surface area contributed by atoms with Crippen molar-refractivity contribution in [2.45, 2.75) is 6.42 Å². The summed E-state index contributed by atoms with van der Waals surface area (Å²) in [5.41, 5.74) is 1.45. The van der Waals surface area contributed by atoms with Gasteiger partial charge in [0.15, 0.2) is 11.5 Å². The van der Waals surface area contributed by atoms with Crippen LogP contribution >= 0.6 is 0 Å². The molecule has 1 saturated heterocycles. The molecule has 0 N–H and O–H groups in total. The Morgan fingerprint density at radius 1 is 1.20 bits per heavy atom. The SMILES string of the molecule is CN=CCC(=O)c1nn(-c2ccc(N3CCOCC3)cc2)ccc1=O. The number of ether oxygens (including phenoxy) is 1. The van der Waals surface area contributed by atoms with Gasteiger partial charge in [0.1, 0.15) is 0 Å². The van der Waals surface area contributed by atoms with Crippen molar-refractivity contribution in [1.82, 2.24) is 9.78 Å². The van der Waals surface area contributed by atoms with Crippen molar-refractivity contribution < 1.29 is 9.53 Å². The Labute approximate surface area is 145 Å². The molecule has 2 heterocycles. The van der Waals surface area contributed by atoms with Crippen LogP contribution < -0.4 is 10.3 Å². The van der Waals surface area contributed by atoms with E-state index >= 15 is 0 Å². The van der Waals surface area contributed by atoms with Crippen LogP contribution in [0.15, 0.2) is 46.3 Å². The van der Waals surface area contributed by atoms with Gasteiger partial charge in [0, 0.05) is 50.7 Å². The van der Waals surface area contributed by atoms with Crippen LogP contribution in [0.25, 0.3) is 5.69 Å². The summed E-state index contributed by atoms with van der Waals surface area (Å²) in [7, 11) is 1.58. The third-order valence-electron chi connectivity index (χ3n) is 4.02. The Morgan fingerprint density at radius 2 is 1.88 bits per heavy atom. The lowest BCUT2D eigenvalue weighted by Crippen LogP contribution is -2.36. The summed E-state index contributed by atoms with van der Waals surface area (Å²) in [5.74, 6) is -0.338. The number of nitrogens with zero attached hydrogens (tertiary/aromatic N) is 4. The summed E-state index contributed by atoms with van der Waals surface area (Å²) in [4.78, 5) is 30.0. The Balaban J connectivity index is 1.84. The van der Waals surface area contributed by atoms with E-state index in [9.17, 15) is 9.59 Å². The zero-order valence-corrected chi connectivity index (χ0v) is 14.1. The molecule has 130 valence electrons. The molecule has 1 fully saturated rings. The number of hydrogen-bond donors (Lipinski definition) is 0. The van der Waals surface area contributed by atoms with E-state index in [0.29, 0.717) is 0 Å². The lowest BCUT2D eigenvalue weighted by atomic mass is 10.2. The fraction of sp³-hybridized carbons (Fsp3) is 0.333. The quantitative estimate of drug-likeness (QED) is 0.606. The maximum atomic E-state index is 12.1. The van der Waals surface area contributed by atoms with Gasteiger partial charge in [-0.1, -0.05) is 0 Å². The highest BCUT2D eigenvalue weighted by Crippen LogP contribution is 2.18. The maximum Gasteiger partial charge on any atom is 0.211 e. The number of carbonyl (C=O) groups is 1. The van der Waals surface area contributed by atoms with Gasteiger partial charge < -0.3 is 14.6 Å². The molecule has 1 aliphatic heterocycles. The van der Waals surface area contributed by atoms with E-state index in [2.05, 4.69) is 15.0 Å². The van der Waals surface area contributed by atoms with Crippen LogP contribution in [0.1, 0.15) is 16.9 Å². The summed E-state index contributed by atoms with van der Waals surface area (Å²) >= 11 is 0. The highest BCUT2D eigenvalue weighted by Gasteiger charge is 2.13. The van der Waals surface area contributed by atoms with Crippen LogP contribution in [0.4, 0.5) is 5.69 Å². The fourth-order valence-corrected chi connectivity index (χ4v) is 2.65. The Kier molecular flexibility index (Phi) is 5.35. The molecule has 0 atom stereocenters. The first kappa shape index (κ1) is 17.0. The summed E-state index contributed by atoms with van der Waals surface area (Å²) in [6.07, 6.45) is 3.10. The van der Waals surface area contributed by atoms with Crippen molar-refractivity contribution in [2.24, 2.45) is 4.99 Å². The van der Waals surface area contributed by atoms with Crippen LogP contribution in [0.5, 0.6) is 0 Å². The zero-order valence-electron chi connectivity index (χ0n) is 14.1. The summed E-state index contributed by atoms with van der Waals surface area (Å²) in [5, 5.41) is 4.20. The van der Waals surface area contributed by atoms with Gasteiger partial charge in [0.2, 0.25) is 5.43 Å². The normalized spacial score (nSPS) is 14.8. The topological polar surface area (TPSA) is 76.8 Å². The third kappa shape index (κ3) is 4.00. The number of benzene rings is 1. The maximum absolute atomic E-state index is 12.1. The number of morpholine rings is 1. The molecule has 3 rings (SSSR count). The van der Waals surface area contributed by atoms with Crippen molar-refractivity contribution in [1.29, 1.82) is 0 Å². The minimum Gasteiger partial charge on any atom is -0.378 e. The molecule has 1 aromatic carbocycles. The number of aliphatic imine (C=N–C) groups is 1. The van der Waals surface area contributed by atoms with Gasteiger partial charge in [0.25, 0.3) is 0 Å². The second kappa shape index (κ2) is 7.85. The number of Topliss-reactive ketones (excluding diaryl/α,β-unsaturated/α-hetero) is 1. The number of hydrogen-bond acceptors (Lipinski definition) is 6. The van der Waals surface area contributed by atoms with Crippen molar-refractivity contribution >= 4 is 17.7 Å². The van der Waals surface area contributed by atoms with Gasteiger partial charge in [-0.25, -0.2) is 4.68 Å². The van der Waals surface area contributed by atoms with E-state index in [4.69, 9.17) is 4.74 Å². The molecule has 0 unspecified atom stereocenters.